The van der Waals surface area contributed by atoms with E-state index >= 15 is 4.39 Å². The molecule has 7 nitrogen and oxygen atoms in total. The molecule has 0 spiro atoms. The van der Waals surface area contributed by atoms with Crippen molar-refractivity contribution in [1.29, 1.82) is 10.5 Å². The number of nitrogens with one attached hydrogen (secondary N) is 2. The number of hydrogen-bond acceptors (Lipinski definition) is 6. The van der Waals surface area contributed by atoms with E-state index in [1.165, 1.54) is 6.07 Å². The molecule has 1 fully saturated rings. The van der Waals surface area contributed by atoms with Crippen LogP contribution in [0.3, 0.4) is 0 Å². The zero-order valence-electron chi connectivity index (χ0n) is 18.6. The van der Waals surface area contributed by atoms with E-state index in [9.17, 15) is 15.3 Å². The van der Waals surface area contributed by atoms with Crippen LogP contribution in [-0.4, -0.2) is 37.7 Å². The molecule has 2 atom stereocenters. The van der Waals surface area contributed by atoms with Gasteiger partial charge in [0.2, 0.25) is 0 Å². The Balaban J connectivity index is 1.58. The standard InChI is InChI=1S/C25H25FN4O3/c1-25(2)20-8-15(12-27)4-5-18(20)19-11-21(26)16(10-22(19)33-25)9-17(13-28)30-24(31)23-14-29-6-3-7-32-23/h4-5,8,10-11,17,23,29H,3,6-7,9,14H2,1-2H3,(H,30,31)/t17?,23-/m0/s1. The second-order valence-corrected chi connectivity index (χ2v) is 8.74. The molecule has 33 heavy (non-hydrogen) atoms. The Kier molecular flexibility index (Phi) is 6.33. The summed E-state index contributed by atoms with van der Waals surface area (Å²) in [4.78, 5) is 12.5. The lowest BCUT2D eigenvalue weighted by molar-refractivity contribution is -0.132. The zero-order chi connectivity index (χ0) is 23.6. The Morgan fingerprint density at radius 1 is 1.30 bits per heavy atom. The summed E-state index contributed by atoms with van der Waals surface area (Å²) in [6.07, 6.45) is 0.116. The Morgan fingerprint density at radius 2 is 2.12 bits per heavy atom. The third-order valence-electron chi connectivity index (χ3n) is 5.94. The SMILES string of the molecule is CC1(C)Oc2cc(CC(C#N)NC(=O)[C@@H]3CNCCCO3)c(F)cc2-c2ccc(C#N)cc21. The minimum atomic E-state index is -0.918. The lowest BCUT2D eigenvalue weighted by Crippen LogP contribution is -2.46. The van der Waals surface area contributed by atoms with Crippen LogP contribution in [0.2, 0.25) is 0 Å². The molecule has 2 N–H and O–H groups in total. The Bertz CT molecular complexity index is 1160. The number of carbonyl (C=O) groups excluding carboxylic acids is 1. The zero-order valence-corrected chi connectivity index (χ0v) is 18.6. The van der Waals surface area contributed by atoms with Crippen LogP contribution in [0, 0.1) is 28.5 Å². The molecule has 170 valence electrons. The van der Waals surface area contributed by atoms with Crippen LogP contribution in [0.4, 0.5) is 4.39 Å². The average Bonchev–Trinajstić information content (AvgIpc) is 3.09. The smallest absolute Gasteiger partial charge is 0.251 e. The van der Waals surface area contributed by atoms with Gasteiger partial charge in [-0.05, 0) is 62.2 Å². The van der Waals surface area contributed by atoms with Crippen molar-refractivity contribution < 1.29 is 18.7 Å². The molecule has 0 bridgehead atoms. The number of amides is 1. The average molecular weight is 448 g/mol. The van der Waals surface area contributed by atoms with Gasteiger partial charge in [-0.25, -0.2) is 4.39 Å². The van der Waals surface area contributed by atoms with Crippen molar-refractivity contribution in [3.05, 3.63) is 52.8 Å². The highest BCUT2D eigenvalue weighted by Gasteiger charge is 2.34. The minimum absolute atomic E-state index is 0.00841. The van der Waals surface area contributed by atoms with Crippen molar-refractivity contribution in [1.82, 2.24) is 10.6 Å². The van der Waals surface area contributed by atoms with Crippen LogP contribution >= 0.6 is 0 Å². The van der Waals surface area contributed by atoms with Gasteiger partial charge in [0.05, 0.1) is 17.7 Å². The van der Waals surface area contributed by atoms with Crippen LogP contribution in [0.5, 0.6) is 5.75 Å². The fraction of sp³-hybridized carbons (Fsp3) is 0.400. The summed E-state index contributed by atoms with van der Waals surface area (Å²) in [7, 11) is 0. The van der Waals surface area contributed by atoms with Crippen molar-refractivity contribution in [3.63, 3.8) is 0 Å². The van der Waals surface area contributed by atoms with Gasteiger partial charge in [0, 0.05) is 30.7 Å². The highest BCUT2D eigenvalue weighted by Crippen LogP contribution is 2.46. The first-order valence-electron chi connectivity index (χ1n) is 10.9. The van der Waals surface area contributed by atoms with Crippen molar-refractivity contribution in [2.24, 2.45) is 0 Å². The normalized spacial score (nSPS) is 19.5. The molecule has 8 heteroatoms. The first-order chi connectivity index (χ1) is 15.8. The number of carbonyl (C=O) groups is 1. The molecule has 0 aromatic heterocycles. The Hall–Kier alpha value is -3.46. The van der Waals surface area contributed by atoms with Crippen LogP contribution in [-0.2, 0) is 21.6 Å². The van der Waals surface area contributed by atoms with Crippen molar-refractivity contribution >= 4 is 5.91 Å². The molecular weight excluding hydrogens is 423 g/mol. The maximum atomic E-state index is 15.1. The molecule has 0 radical (unpaired) electrons. The van der Waals surface area contributed by atoms with Gasteiger partial charge in [0.15, 0.2) is 0 Å². The summed E-state index contributed by atoms with van der Waals surface area (Å²) >= 11 is 0. The molecule has 2 aliphatic rings. The third kappa shape index (κ3) is 4.68. The van der Waals surface area contributed by atoms with E-state index in [1.807, 2.05) is 19.9 Å². The summed E-state index contributed by atoms with van der Waals surface area (Å²) in [5, 5.41) is 24.6. The predicted octanol–water partition coefficient (Wildman–Crippen LogP) is 2.92. The van der Waals surface area contributed by atoms with Gasteiger partial charge in [-0.1, -0.05) is 6.07 Å². The summed E-state index contributed by atoms with van der Waals surface area (Å²) in [6.45, 7) is 5.37. The van der Waals surface area contributed by atoms with Gasteiger partial charge < -0.3 is 20.1 Å². The molecule has 4 rings (SSSR count). The summed E-state index contributed by atoms with van der Waals surface area (Å²) in [6, 6.07) is 11.5. The molecule has 2 aromatic carbocycles. The number of fused-ring (bicyclic) bond motifs is 3. The summed E-state index contributed by atoms with van der Waals surface area (Å²) in [5.41, 5.74) is 2.25. The van der Waals surface area contributed by atoms with E-state index in [-0.39, 0.29) is 12.0 Å². The fourth-order valence-corrected chi connectivity index (χ4v) is 4.22. The lowest BCUT2D eigenvalue weighted by Gasteiger charge is -2.35. The second-order valence-electron chi connectivity index (χ2n) is 8.74. The molecule has 2 aliphatic heterocycles. The topological polar surface area (TPSA) is 107 Å². The van der Waals surface area contributed by atoms with Crippen molar-refractivity contribution in [3.8, 4) is 29.0 Å². The first kappa shape index (κ1) is 22.7. The second kappa shape index (κ2) is 9.19. The van der Waals surface area contributed by atoms with Gasteiger partial charge in [-0.15, -0.1) is 0 Å². The van der Waals surface area contributed by atoms with Crippen LogP contribution in [0.15, 0.2) is 30.3 Å². The van der Waals surface area contributed by atoms with Gasteiger partial charge in [-0.3, -0.25) is 4.79 Å². The van der Waals surface area contributed by atoms with Crippen LogP contribution in [0.25, 0.3) is 11.1 Å². The number of nitrogens with zero attached hydrogens (tertiary/aromatic N) is 2. The third-order valence-corrected chi connectivity index (χ3v) is 5.94. The fourth-order valence-electron chi connectivity index (χ4n) is 4.22. The largest absolute Gasteiger partial charge is 0.482 e. The number of halogens is 1. The number of rotatable bonds is 4. The molecule has 2 heterocycles. The minimum Gasteiger partial charge on any atom is -0.482 e. The molecule has 0 saturated carbocycles. The van der Waals surface area contributed by atoms with Crippen LogP contribution < -0.4 is 15.4 Å². The predicted molar refractivity (Wildman–Crippen MR) is 119 cm³/mol. The Morgan fingerprint density at radius 3 is 2.88 bits per heavy atom. The van der Waals surface area contributed by atoms with Gasteiger partial charge in [0.1, 0.15) is 29.3 Å². The molecule has 1 amide bonds. The van der Waals surface area contributed by atoms with Gasteiger partial charge in [0.25, 0.3) is 5.91 Å². The van der Waals surface area contributed by atoms with Gasteiger partial charge in [-0.2, -0.15) is 10.5 Å². The van der Waals surface area contributed by atoms with E-state index in [2.05, 4.69) is 16.7 Å². The number of ether oxygens (including phenoxy) is 2. The lowest BCUT2D eigenvalue weighted by atomic mass is 9.84. The number of hydrogen-bond donors (Lipinski definition) is 2. The van der Waals surface area contributed by atoms with E-state index in [4.69, 9.17) is 9.47 Å². The highest BCUT2D eigenvalue weighted by atomic mass is 19.1. The van der Waals surface area contributed by atoms with Crippen molar-refractivity contribution in [2.45, 2.75) is 44.4 Å². The molecular formula is C25H25FN4O3. The van der Waals surface area contributed by atoms with E-state index < -0.39 is 29.5 Å². The molecule has 2 aromatic rings. The summed E-state index contributed by atoms with van der Waals surface area (Å²) in [5.74, 6) is -0.393. The molecule has 0 aliphatic carbocycles. The maximum Gasteiger partial charge on any atom is 0.251 e. The van der Waals surface area contributed by atoms with E-state index in [0.29, 0.717) is 30.0 Å². The van der Waals surface area contributed by atoms with Crippen LogP contribution in [0.1, 0.15) is 37.0 Å². The monoisotopic (exact) mass is 448 g/mol. The summed E-state index contributed by atoms with van der Waals surface area (Å²) < 4.78 is 26.8. The molecule has 1 saturated heterocycles. The Labute approximate surface area is 192 Å². The number of nitriles is 2. The van der Waals surface area contributed by atoms with E-state index in [1.54, 1.807) is 24.3 Å². The van der Waals surface area contributed by atoms with E-state index in [0.717, 1.165) is 24.1 Å². The van der Waals surface area contributed by atoms with Crippen molar-refractivity contribution in [2.75, 3.05) is 19.7 Å². The highest BCUT2D eigenvalue weighted by molar-refractivity contribution is 5.82. The number of benzene rings is 2. The van der Waals surface area contributed by atoms with Gasteiger partial charge >= 0.3 is 0 Å². The quantitative estimate of drug-likeness (QED) is 0.745. The first-order valence-corrected chi connectivity index (χ1v) is 10.9. The maximum absolute atomic E-state index is 15.1. The molecule has 1 unspecified atom stereocenters.